The van der Waals surface area contributed by atoms with Gasteiger partial charge in [0.05, 0.1) is 11.5 Å². The topological polar surface area (TPSA) is 86.9 Å². The Kier molecular flexibility index (Phi) is 4.08. The fourth-order valence-electron chi connectivity index (χ4n) is 3.24. The van der Waals surface area contributed by atoms with E-state index in [0.717, 1.165) is 30.8 Å². The summed E-state index contributed by atoms with van der Waals surface area (Å²) in [6.07, 6.45) is 1.58. The summed E-state index contributed by atoms with van der Waals surface area (Å²) in [5.41, 5.74) is 1.71. The predicted octanol–water partition coefficient (Wildman–Crippen LogP) is 0.798. The van der Waals surface area contributed by atoms with Crippen LogP contribution < -0.4 is 4.90 Å². The van der Waals surface area contributed by atoms with Crippen LogP contribution in [-0.2, 0) is 11.2 Å². The van der Waals surface area contributed by atoms with Crippen LogP contribution >= 0.6 is 0 Å². The molecule has 1 aromatic carbocycles. The molecule has 0 aromatic heterocycles. The second kappa shape index (κ2) is 6.02. The number of carbonyl (C=O) groups excluding carboxylic acids is 1. The van der Waals surface area contributed by atoms with Gasteiger partial charge in [-0.05, 0) is 36.9 Å². The summed E-state index contributed by atoms with van der Waals surface area (Å²) in [5, 5.41) is 20.0. The van der Waals surface area contributed by atoms with Crippen LogP contribution in [0.15, 0.2) is 18.2 Å². The summed E-state index contributed by atoms with van der Waals surface area (Å²) in [7, 11) is 0. The molecule has 2 aliphatic heterocycles. The molecule has 0 saturated carbocycles. The Morgan fingerprint density at radius 2 is 2.23 bits per heavy atom. The van der Waals surface area contributed by atoms with Crippen LogP contribution in [0.4, 0.5) is 11.4 Å². The van der Waals surface area contributed by atoms with Gasteiger partial charge in [0.1, 0.15) is 0 Å². The van der Waals surface area contributed by atoms with Crippen molar-refractivity contribution in [2.75, 3.05) is 37.7 Å². The van der Waals surface area contributed by atoms with Crippen LogP contribution in [0.25, 0.3) is 0 Å². The Hall–Kier alpha value is -1.99. The van der Waals surface area contributed by atoms with E-state index in [9.17, 15) is 14.9 Å². The zero-order valence-electron chi connectivity index (χ0n) is 12.3. The first-order valence-electron chi connectivity index (χ1n) is 7.49. The van der Waals surface area contributed by atoms with Crippen molar-refractivity contribution in [3.63, 3.8) is 0 Å². The highest BCUT2D eigenvalue weighted by Crippen LogP contribution is 2.31. The number of carbonyl (C=O) groups is 1. The molecule has 7 heteroatoms. The Balaban J connectivity index is 1.68. The molecule has 1 amide bonds. The largest absolute Gasteiger partial charge is 0.396 e. The van der Waals surface area contributed by atoms with Gasteiger partial charge in [0.2, 0.25) is 5.91 Å². The third kappa shape index (κ3) is 2.82. The maximum atomic E-state index is 12.5. The van der Waals surface area contributed by atoms with Gasteiger partial charge in [-0.3, -0.25) is 19.8 Å². The minimum atomic E-state index is -0.413. The number of aliphatic hydroxyl groups is 1. The molecule has 3 rings (SSSR count). The van der Waals surface area contributed by atoms with E-state index in [0.29, 0.717) is 19.5 Å². The van der Waals surface area contributed by atoms with Gasteiger partial charge in [0, 0.05) is 37.5 Å². The van der Waals surface area contributed by atoms with E-state index in [2.05, 4.69) is 4.90 Å². The maximum absolute atomic E-state index is 12.5. The van der Waals surface area contributed by atoms with Crippen LogP contribution in [0, 0.1) is 16.0 Å². The summed E-state index contributed by atoms with van der Waals surface area (Å²) < 4.78 is 0. The zero-order valence-corrected chi connectivity index (χ0v) is 12.3. The number of benzene rings is 1. The number of amides is 1. The van der Waals surface area contributed by atoms with Gasteiger partial charge in [-0.1, -0.05) is 0 Å². The highest BCUT2D eigenvalue weighted by molar-refractivity contribution is 5.97. The molecule has 1 unspecified atom stereocenters. The number of fused-ring (bicyclic) bond motifs is 1. The van der Waals surface area contributed by atoms with E-state index < -0.39 is 4.92 Å². The van der Waals surface area contributed by atoms with Crippen molar-refractivity contribution in [1.82, 2.24) is 4.90 Å². The van der Waals surface area contributed by atoms with Crippen molar-refractivity contribution in [2.24, 2.45) is 5.92 Å². The van der Waals surface area contributed by atoms with Crippen molar-refractivity contribution >= 4 is 17.3 Å². The number of hydrogen-bond donors (Lipinski definition) is 1. The third-order valence-electron chi connectivity index (χ3n) is 4.46. The summed E-state index contributed by atoms with van der Waals surface area (Å²) in [5.74, 6) is 0.285. The number of rotatable bonds is 4. The number of non-ortho nitro benzene ring substituents is 1. The number of nitro groups is 1. The van der Waals surface area contributed by atoms with Crippen molar-refractivity contribution in [2.45, 2.75) is 12.8 Å². The molecule has 2 heterocycles. The maximum Gasteiger partial charge on any atom is 0.269 e. The van der Waals surface area contributed by atoms with Crippen LogP contribution in [0.3, 0.4) is 0 Å². The smallest absolute Gasteiger partial charge is 0.269 e. The van der Waals surface area contributed by atoms with Crippen LogP contribution in [0.5, 0.6) is 0 Å². The van der Waals surface area contributed by atoms with Crippen molar-refractivity contribution in [3.8, 4) is 0 Å². The van der Waals surface area contributed by atoms with Crippen LogP contribution in [-0.4, -0.2) is 53.6 Å². The molecule has 1 fully saturated rings. The second-order valence-electron chi connectivity index (χ2n) is 5.94. The SMILES string of the molecule is O=C(CN1CCC(CO)C1)N1CCc2cc([N+](=O)[O-])ccc21. The van der Waals surface area contributed by atoms with Gasteiger partial charge >= 0.3 is 0 Å². The number of anilines is 1. The second-order valence-corrected chi connectivity index (χ2v) is 5.94. The number of aliphatic hydroxyl groups excluding tert-OH is 1. The summed E-state index contributed by atoms with van der Waals surface area (Å²) >= 11 is 0. The summed E-state index contributed by atoms with van der Waals surface area (Å²) in [6, 6.07) is 4.67. The molecule has 1 atom stereocenters. The number of likely N-dealkylation sites (tertiary alicyclic amines) is 1. The van der Waals surface area contributed by atoms with Crippen LogP contribution in [0.2, 0.25) is 0 Å². The fraction of sp³-hybridized carbons (Fsp3) is 0.533. The average molecular weight is 305 g/mol. The highest BCUT2D eigenvalue weighted by atomic mass is 16.6. The lowest BCUT2D eigenvalue weighted by Crippen LogP contribution is -2.39. The normalized spacial score (nSPS) is 21.1. The average Bonchev–Trinajstić information content (AvgIpc) is 3.12. The van der Waals surface area contributed by atoms with Crippen molar-refractivity contribution < 1.29 is 14.8 Å². The highest BCUT2D eigenvalue weighted by Gasteiger charge is 2.29. The monoisotopic (exact) mass is 305 g/mol. The van der Waals surface area contributed by atoms with Gasteiger partial charge in [-0.25, -0.2) is 0 Å². The summed E-state index contributed by atoms with van der Waals surface area (Å²) in [4.78, 5) is 26.6. The van der Waals surface area contributed by atoms with Gasteiger partial charge in [-0.15, -0.1) is 0 Å². The number of nitro benzene ring substituents is 1. The standard InChI is InChI=1S/C15H19N3O4/c19-10-11-3-5-16(8-11)9-15(20)17-6-4-12-7-13(18(21)22)1-2-14(12)17/h1-2,7,11,19H,3-6,8-10H2. The quantitative estimate of drug-likeness (QED) is 0.656. The van der Waals surface area contributed by atoms with E-state index in [-0.39, 0.29) is 24.1 Å². The Labute approximate surface area is 128 Å². The Morgan fingerprint density at radius 1 is 1.41 bits per heavy atom. The lowest BCUT2D eigenvalue weighted by Gasteiger charge is -2.21. The molecule has 2 aliphatic rings. The van der Waals surface area contributed by atoms with Crippen LogP contribution in [0.1, 0.15) is 12.0 Å². The minimum Gasteiger partial charge on any atom is -0.396 e. The third-order valence-corrected chi connectivity index (χ3v) is 4.46. The molecule has 1 aromatic rings. The van der Waals surface area contributed by atoms with E-state index in [1.807, 2.05) is 0 Å². The molecule has 22 heavy (non-hydrogen) atoms. The first-order chi connectivity index (χ1) is 10.6. The zero-order chi connectivity index (χ0) is 15.7. The first-order valence-corrected chi connectivity index (χ1v) is 7.49. The number of nitrogens with zero attached hydrogens (tertiary/aromatic N) is 3. The summed E-state index contributed by atoms with van der Waals surface area (Å²) in [6.45, 7) is 2.67. The molecule has 0 bridgehead atoms. The van der Waals surface area contributed by atoms with Gasteiger partial charge in [-0.2, -0.15) is 0 Å². The molecule has 0 aliphatic carbocycles. The molecular formula is C15H19N3O4. The molecular weight excluding hydrogens is 286 g/mol. The first kappa shape index (κ1) is 14.9. The minimum absolute atomic E-state index is 0.0196. The number of hydrogen-bond acceptors (Lipinski definition) is 5. The van der Waals surface area contributed by atoms with E-state index in [1.54, 1.807) is 17.0 Å². The lowest BCUT2D eigenvalue weighted by atomic mass is 10.1. The Morgan fingerprint density at radius 3 is 2.91 bits per heavy atom. The van der Waals surface area contributed by atoms with Gasteiger partial charge in [0.25, 0.3) is 5.69 Å². The Bertz CT molecular complexity index is 604. The van der Waals surface area contributed by atoms with Crippen molar-refractivity contribution in [3.05, 3.63) is 33.9 Å². The van der Waals surface area contributed by atoms with E-state index in [4.69, 9.17) is 5.11 Å². The molecule has 0 spiro atoms. The molecule has 118 valence electrons. The van der Waals surface area contributed by atoms with E-state index >= 15 is 0 Å². The molecule has 1 N–H and O–H groups in total. The predicted molar refractivity (Wildman–Crippen MR) is 80.8 cm³/mol. The fourth-order valence-corrected chi connectivity index (χ4v) is 3.24. The van der Waals surface area contributed by atoms with E-state index in [1.165, 1.54) is 6.07 Å². The molecule has 7 nitrogen and oxygen atoms in total. The lowest BCUT2D eigenvalue weighted by molar-refractivity contribution is -0.384. The molecule has 1 saturated heterocycles. The van der Waals surface area contributed by atoms with Crippen molar-refractivity contribution in [1.29, 1.82) is 0 Å². The van der Waals surface area contributed by atoms with Gasteiger partial charge in [0.15, 0.2) is 0 Å². The van der Waals surface area contributed by atoms with Gasteiger partial charge < -0.3 is 10.0 Å². The molecule has 0 radical (unpaired) electrons.